The minimum Gasteiger partial charge on any atom is -0.504 e. The first-order valence-corrected chi connectivity index (χ1v) is 3.71. The van der Waals surface area contributed by atoms with Gasteiger partial charge in [0.05, 0.1) is 0 Å². The topological polar surface area (TPSA) is 83.6 Å². The minimum absolute atomic E-state index is 0.340. The molecule has 0 heterocycles. The second-order valence-electron chi connectivity index (χ2n) is 2.74. The fourth-order valence-corrected chi connectivity index (χ4v) is 0.974. The maximum absolute atomic E-state index is 12.8. The fraction of sp³-hybridized carbons (Fsp3) is 0.125. The van der Waals surface area contributed by atoms with Gasteiger partial charge < -0.3 is 15.9 Å². The van der Waals surface area contributed by atoms with Crippen molar-refractivity contribution >= 4 is 5.97 Å². The van der Waals surface area contributed by atoms with Crippen molar-refractivity contribution in [2.45, 2.75) is 6.04 Å². The predicted molar refractivity (Wildman–Crippen MR) is 42.5 cm³/mol. The largest absolute Gasteiger partial charge is 0.504 e. The number of aromatic hydroxyl groups is 1. The zero-order valence-corrected chi connectivity index (χ0v) is 7.17. The van der Waals surface area contributed by atoms with Gasteiger partial charge in [-0.15, -0.1) is 0 Å². The van der Waals surface area contributed by atoms with Crippen LogP contribution in [0.4, 0.5) is 13.2 Å². The van der Waals surface area contributed by atoms with Crippen molar-refractivity contribution in [2.24, 2.45) is 5.73 Å². The number of hydrogen-bond donors (Lipinski definition) is 3. The summed E-state index contributed by atoms with van der Waals surface area (Å²) in [6, 6.07) is -1.48. The molecule has 0 amide bonds. The molecule has 0 aliphatic heterocycles. The Morgan fingerprint density at radius 3 is 2.33 bits per heavy atom. The first kappa shape index (κ1) is 11.3. The smallest absolute Gasteiger partial charge is 0.325 e. The molecule has 4 nitrogen and oxygen atoms in total. The van der Waals surface area contributed by atoms with E-state index >= 15 is 0 Å². The Morgan fingerprint density at radius 1 is 1.33 bits per heavy atom. The van der Waals surface area contributed by atoms with Crippen LogP contribution >= 0.6 is 0 Å². The lowest BCUT2D eigenvalue weighted by atomic mass is 10.1. The fourth-order valence-electron chi connectivity index (χ4n) is 0.974. The third kappa shape index (κ3) is 1.86. The van der Waals surface area contributed by atoms with Crippen LogP contribution in [-0.2, 0) is 4.79 Å². The van der Waals surface area contributed by atoms with E-state index in [1.165, 1.54) is 0 Å². The Labute approximate surface area is 81.7 Å². The number of nitrogens with two attached hydrogens (primary N) is 1. The van der Waals surface area contributed by atoms with Crippen molar-refractivity contribution in [3.05, 3.63) is 29.1 Å². The van der Waals surface area contributed by atoms with Crippen molar-refractivity contribution in [2.75, 3.05) is 0 Å². The molecule has 0 fully saturated rings. The van der Waals surface area contributed by atoms with Crippen molar-refractivity contribution in [1.82, 2.24) is 0 Å². The number of carboxylic acids is 1. The lowest BCUT2D eigenvalue weighted by molar-refractivity contribution is -0.138. The summed E-state index contributed by atoms with van der Waals surface area (Å²) in [7, 11) is 0. The summed E-state index contributed by atoms with van der Waals surface area (Å²) in [6.45, 7) is 0. The lowest BCUT2D eigenvalue weighted by Gasteiger charge is -2.10. The van der Waals surface area contributed by atoms with Gasteiger partial charge in [-0.25, -0.2) is 8.78 Å². The van der Waals surface area contributed by atoms with Gasteiger partial charge in [0, 0.05) is 5.56 Å². The highest BCUT2D eigenvalue weighted by atomic mass is 19.2. The molecule has 4 N–H and O–H groups in total. The zero-order chi connectivity index (χ0) is 11.7. The molecule has 1 aromatic rings. The van der Waals surface area contributed by atoms with Gasteiger partial charge in [-0.2, -0.15) is 4.39 Å². The Bertz CT molecular complexity index is 422. The van der Waals surface area contributed by atoms with Gasteiger partial charge in [0.15, 0.2) is 17.4 Å². The van der Waals surface area contributed by atoms with Gasteiger partial charge >= 0.3 is 5.97 Å². The average Bonchev–Trinajstić information content (AvgIpc) is 2.19. The van der Waals surface area contributed by atoms with E-state index in [9.17, 15) is 18.0 Å². The predicted octanol–water partition coefficient (Wildman–Crippen LogP) is 0.894. The van der Waals surface area contributed by atoms with Gasteiger partial charge in [0.1, 0.15) is 6.04 Å². The van der Waals surface area contributed by atoms with Crippen LogP contribution in [0.3, 0.4) is 0 Å². The number of hydrogen-bond acceptors (Lipinski definition) is 3. The Hall–Kier alpha value is -1.76. The first-order valence-electron chi connectivity index (χ1n) is 3.71. The number of aliphatic carboxylic acids is 1. The molecule has 0 aromatic heterocycles. The number of benzene rings is 1. The van der Waals surface area contributed by atoms with Gasteiger partial charge in [-0.1, -0.05) is 0 Å². The van der Waals surface area contributed by atoms with E-state index in [0.29, 0.717) is 6.07 Å². The van der Waals surface area contributed by atoms with Crippen LogP contribution in [0.1, 0.15) is 11.6 Å². The normalized spacial score (nSPS) is 12.5. The van der Waals surface area contributed by atoms with Crippen LogP contribution < -0.4 is 5.73 Å². The molecular formula is C8H6F3NO3. The third-order valence-corrected chi connectivity index (χ3v) is 1.77. The molecule has 0 saturated carbocycles. The SMILES string of the molecule is N[C@H](C(=O)O)c1cc(F)c(F)c(F)c1O. The second-order valence-corrected chi connectivity index (χ2v) is 2.74. The highest BCUT2D eigenvalue weighted by Gasteiger charge is 2.25. The first-order chi connectivity index (χ1) is 6.86. The molecule has 7 heteroatoms. The van der Waals surface area contributed by atoms with Crippen LogP contribution in [0, 0.1) is 17.5 Å². The van der Waals surface area contributed by atoms with E-state index in [-0.39, 0.29) is 0 Å². The van der Waals surface area contributed by atoms with Crippen LogP contribution in [0.25, 0.3) is 0 Å². The molecule has 1 atom stereocenters. The number of rotatable bonds is 2. The number of carboxylic acid groups (broad SMARTS) is 1. The molecule has 0 aliphatic carbocycles. The number of phenols is 1. The monoisotopic (exact) mass is 221 g/mol. The molecule has 0 spiro atoms. The Balaban J connectivity index is 3.38. The van der Waals surface area contributed by atoms with Crippen LogP contribution in [0.2, 0.25) is 0 Å². The molecular weight excluding hydrogens is 215 g/mol. The Kier molecular flexibility index (Phi) is 2.85. The maximum Gasteiger partial charge on any atom is 0.325 e. The Morgan fingerprint density at radius 2 is 1.87 bits per heavy atom. The van der Waals surface area contributed by atoms with Gasteiger partial charge in [-0.3, -0.25) is 4.79 Å². The summed E-state index contributed by atoms with van der Waals surface area (Å²) in [5.74, 6) is -8.26. The zero-order valence-electron chi connectivity index (χ0n) is 7.17. The summed E-state index contributed by atoms with van der Waals surface area (Å²) in [4.78, 5) is 10.4. The summed E-state index contributed by atoms with van der Waals surface area (Å²) in [6.07, 6.45) is 0. The highest BCUT2D eigenvalue weighted by molar-refractivity contribution is 5.76. The molecule has 1 rings (SSSR count). The van der Waals surface area contributed by atoms with E-state index < -0.39 is 40.8 Å². The van der Waals surface area contributed by atoms with Gasteiger partial charge in [0.2, 0.25) is 5.82 Å². The van der Waals surface area contributed by atoms with Crippen LogP contribution in [0.5, 0.6) is 5.75 Å². The van der Waals surface area contributed by atoms with Gasteiger partial charge in [0.25, 0.3) is 0 Å². The summed E-state index contributed by atoms with van der Waals surface area (Å²) < 4.78 is 38.0. The third-order valence-electron chi connectivity index (χ3n) is 1.77. The van der Waals surface area contributed by atoms with Crippen molar-refractivity contribution in [3.8, 4) is 5.75 Å². The molecule has 0 aliphatic rings. The molecule has 1 aromatic carbocycles. The number of phenolic OH excluding ortho intramolecular Hbond substituents is 1. The van der Waals surface area contributed by atoms with Crippen LogP contribution in [0.15, 0.2) is 6.07 Å². The van der Waals surface area contributed by atoms with Gasteiger partial charge in [-0.05, 0) is 6.07 Å². The quantitative estimate of drug-likeness (QED) is 0.647. The highest BCUT2D eigenvalue weighted by Crippen LogP contribution is 2.29. The average molecular weight is 221 g/mol. The van der Waals surface area contributed by atoms with E-state index in [0.717, 1.165) is 0 Å². The van der Waals surface area contributed by atoms with Crippen molar-refractivity contribution in [3.63, 3.8) is 0 Å². The summed E-state index contributed by atoms with van der Waals surface area (Å²) >= 11 is 0. The molecule has 15 heavy (non-hydrogen) atoms. The number of carbonyl (C=O) groups is 1. The number of halogens is 3. The summed E-state index contributed by atoms with van der Waals surface area (Å²) in [5.41, 5.74) is 4.29. The summed E-state index contributed by atoms with van der Waals surface area (Å²) in [5, 5.41) is 17.4. The van der Waals surface area contributed by atoms with Crippen LogP contribution in [-0.4, -0.2) is 16.2 Å². The standard InChI is InChI=1S/C8H6F3NO3/c9-3-1-2(6(12)8(14)15)7(13)5(11)4(3)10/h1,6,13H,12H2,(H,14,15)/t6-/m0/s1. The minimum atomic E-state index is -1.88. The molecule has 82 valence electrons. The van der Waals surface area contributed by atoms with E-state index in [1.807, 2.05) is 0 Å². The van der Waals surface area contributed by atoms with E-state index in [1.54, 1.807) is 0 Å². The lowest BCUT2D eigenvalue weighted by Crippen LogP contribution is -2.21. The van der Waals surface area contributed by atoms with Crippen molar-refractivity contribution < 1.29 is 28.2 Å². The molecule has 0 unspecified atom stereocenters. The maximum atomic E-state index is 12.8. The molecule has 0 radical (unpaired) electrons. The second kappa shape index (κ2) is 3.77. The van der Waals surface area contributed by atoms with E-state index in [4.69, 9.17) is 15.9 Å². The van der Waals surface area contributed by atoms with E-state index in [2.05, 4.69) is 0 Å². The van der Waals surface area contributed by atoms with Crippen molar-refractivity contribution in [1.29, 1.82) is 0 Å². The molecule has 0 saturated heterocycles. The molecule has 0 bridgehead atoms.